The van der Waals surface area contributed by atoms with Crippen LogP contribution < -0.4 is 0 Å². The molecule has 0 unspecified atom stereocenters. The topological polar surface area (TPSA) is 84.7 Å². The molecule has 1 aromatic carbocycles. The minimum atomic E-state index is -4.69. The highest BCUT2D eigenvalue weighted by Crippen LogP contribution is 2.39. The van der Waals surface area contributed by atoms with Gasteiger partial charge in [0.15, 0.2) is 0 Å². The van der Waals surface area contributed by atoms with Crippen molar-refractivity contribution in [1.29, 1.82) is 0 Å². The van der Waals surface area contributed by atoms with Crippen molar-refractivity contribution in [3.05, 3.63) is 51.6 Å². The van der Waals surface area contributed by atoms with Crippen LogP contribution in [-0.2, 0) is 6.18 Å². The van der Waals surface area contributed by atoms with Gasteiger partial charge in [-0.15, -0.1) is 0 Å². The van der Waals surface area contributed by atoms with Crippen LogP contribution in [0.15, 0.2) is 30.6 Å². The highest BCUT2D eigenvalue weighted by atomic mass is 35.5. The van der Waals surface area contributed by atoms with Crippen molar-refractivity contribution in [3.8, 4) is 11.3 Å². The fourth-order valence-electron chi connectivity index (χ4n) is 2.26. The number of benzene rings is 1. The van der Waals surface area contributed by atoms with Crippen LogP contribution in [0, 0.1) is 10.1 Å². The minimum absolute atomic E-state index is 0.0559. The van der Waals surface area contributed by atoms with Gasteiger partial charge >= 0.3 is 6.18 Å². The Bertz CT molecular complexity index is 923. The molecule has 6 nitrogen and oxygen atoms in total. The molecule has 3 aromatic rings. The van der Waals surface area contributed by atoms with Crippen LogP contribution in [0.3, 0.4) is 0 Å². The van der Waals surface area contributed by atoms with Gasteiger partial charge in [-0.25, -0.2) is 9.97 Å². The van der Waals surface area contributed by atoms with E-state index in [0.29, 0.717) is 6.20 Å². The van der Waals surface area contributed by atoms with Gasteiger partial charge in [-0.2, -0.15) is 13.2 Å². The number of nitro benzene ring substituents is 1. The third-order valence-electron chi connectivity index (χ3n) is 3.21. The number of non-ortho nitro benzene ring substituents is 1. The number of H-pyrrole nitrogens is 1. The zero-order valence-electron chi connectivity index (χ0n) is 11.1. The van der Waals surface area contributed by atoms with Gasteiger partial charge in [0.25, 0.3) is 5.69 Å². The maximum Gasteiger partial charge on any atom is 0.419 e. The average Bonchev–Trinajstić information content (AvgIpc) is 2.89. The molecule has 0 aliphatic rings. The molecule has 0 fully saturated rings. The summed E-state index contributed by atoms with van der Waals surface area (Å²) in [5.41, 5.74) is -1.60. The van der Waals surface area contributed by atoms with Gasteiger partial charge in [0.05, 0.1) is 10.6 Å². The molecule has 3 rings (SSSR count). The molecular formula is C13H6ClF3N4O2. The lowest BCUT2D eigenvalue weighted by Crippen LogP contribution is -2.09. The molecule has 0 atom stereocenters. The lowest BCUT2D eigenvalue weighted by atomic mass is 10.1. The fourth-order valence-corrected chi connectivity index (χ4v) is 2.39. The Hall–Kier alpha value is -2.68. The number of fused-ring (bicyclic) bond motifs is 1. The summed E-state index contributed by atoms with van der Waals surface area (Å²) in [6, 6.07) is 4.10. The lowest BCUT2D eigenvalue weighted by molar-refractivity contribution is -0.383. The quantitative estimate of drug-likeness (QED) is 0.429. The van der Waals surface area contributed by atoms with E-state index in [-0.39, 0.29) is 27.4 Å². The first-order valence-corrected chi connectivity index (χ1v) is 6.51. The number of rotatable bonds is 2. The molecule has 10 heteroatoms. The van der Waals surface area contributed by atoms with Crippen molar-refractivity contribution >= 4 is 28.2 Å². The Morgan fingerprint density at radius 2 is 2.04 bits per heavy atom. The van der Waals surface area contributed by atoms with Crippen molar-refractivity contribution in [2.45, 2.75) is 6.18 Å². The molecule has 2 aromatic heterocycles. The summed E-state index contributed by atoms with van der Waals surface area (Å²) >= 11 is 5.61. The van der Waals surface area contributed by atoms with Crippen molar-refractivity contribution in [2.75, 3.05) is 0 Å². The smallest absolute Gasteiger partial charge is 0.355 e. The molecule has 118 valence electrons. The van der Waals surface area contributed by atoms with Crippen LogP contribution >= 0.6 is 11.6 Å². The van der Waals surface area contributed by atoms with E-state index in [1.807, 2.05) is 0 Å². The maximum atomic E-state index is 13.1. The SMILES string of the molecule is O=[N+]([O-])c1cccc2c(-c3nc(Cl)ncc3C(F)(F)F)c[nH]c12. The Balaban J connectivity index is 2.32. The number of aromatic nitrogens is 3. The number of nitro groups is 1. The molecule has 0 bridgehead atoms. The van der Waals surface area contributed by atoms with Crippen molar-refractivity contribution in [2.24, 2.45) is 0 Å². The summed E-state index contributed by atoms with van der Waals surface area (Å²) in [6.07, 6.45) is -2.88. The molecule has 0 amide bonds. The van der Waals surface area contributed by atoms with Crippen LogP contribution in [0.5, 0.6) is 0 Å². The Morgan fingerprint density at radius 1 is 1.30 bits per heavy atom. The number of hydrogen-bond donors (Lipinski definition) is 1. The number of aromatic amines is 1. The number of nitrogens with one attached hydrogen (secondary N) is 1. The highest BCUT2D eigenvalue weighted by molar-refractivity contribution is 6.28. The van der Waals surface area contributed by atoms with E-state index in [0.717, 1.165) is 0 Å². The summed E-state index contributed by atoms with van der Waals surface area (Å²) in [5, 5.41) is 10.9. The minimum Gasteiger partial charge on any atom is -0.355 e. The predicted molar refractivity (Wildman–Crippen MR) is 76.0 cm³/mol. The number of para-hydroxylation sites is 1. The molecule has 0 radical (unpaired) electrons. The molecule has 1 N–H and O–H groups in total. The number of halogens is 4. The maximum absolute atomic E-state index is 13.1. The number of alkyl halides is 3. The molecule has 0 aliphatic heterocycles. The van der Waals surface area contributed by atoms with Gasteiger partial charge in [0.2, 0.25) is 5.28 Å². The van der Waals surface area contributed by atoms with Crippen LogP contribution in [-0.4, -0.2) is 19.9 Å². The largest absolute Gasteiger partial charge is 0.419 e. The second-order valence-corrected chi connectivity index (χ2v) is 4.90. The van der Waals surface area contributed by atoms with Crippen LogP contribution in [0.25, 0.3) is 22.2 Å². The van der Waals surface area contributed by atoms with Crippen LogP contribution in [0.4, 0.5) is 18.9 Å². The summed E-state index contributed by atoms with van der Waals surface area (Å²) in [7, 11) is 0. The standard InChI is InChI=1S/C13H6ClF3N4O2/c14-12-19-5-8(13(15,16)17)10(20-12)7-4-18-11-6(7)2-1-3-9(11)21(22)23/h1-5,18H. The van der Waals surface area contributed by atoms with Crippen molar-refractivity contribution in [3.63, 3.8) is 0 Å². The van der Waals surface area contributed by atoms with Crippen molar-refractivity contribution < 1.29 is 18.1 Å². The Labute approximate surface area is 131 Å². The van der Waals surface area contributed by atoms with E-state index in [2.05, 4.69) is 15.0 Å². The normalized spacial score (nSPS) is 11.8. The lowest BCUT2D eigenvalue weighted by Gasteiger charge is -2.11. The first-order chi connectivity index (χ1) is 10.8. The monoisotopic (exact) mass is 342 g/mol. The van der Waals surface area contributed by atoms with Gasteiger partial charge < -0.3 is 4.98 Å². The number of hydrogen-bond acceptors (Lipinski definition) is 4. The fraction of sp³-hybridized carbons (Fsp3) is 0.0769. The molecular weight excluding hydrogens is 337 g/mol. The zero-order chi connectivity index (χ0) is 16.8. The van der Waals surface area contributed by atoms with Gasteiger partial charge in [0.1, 0.15) is 11.1 Å². The van der Waals surface area contributed by atoms with E-state index in [9.17, 15) is 23.3 Å². The first kappa shape index (κ1) is 15.2. The summed E-state index contributed by atoms with van der Waals surface area (Å²) in [6.45, 7) is 0. The van der Waals surface area contributed by atoms with Crippen LogP contribution in [0.2, 0.25) is 5.28 Å². The predicted octanol–water partition coefficient (Wildman–Crippen LogP) is 4.21. The Kier molecular flexibility index (Phi) is 3.44. The summed E-state index contributed by atoms with van der Waals surface area (Å²) < 4.78 is 39.4. The molecule has 0 spiro atoms. The van der Waals surface area contributed by atoms with Gasteiger partial charge in [-0.3, -0.25) is 10.1 Å². The van der Waals surface area contributed by atoms with E-state index in [1.165, 1.54) is 24.4 Å². The molecule has 0 aliphatic carbocycles. The molecule has 0 saturated heterocycles. The average molecular weight is 343 g/mol. The molecule has 2 heterocycles. The van der Waals surface area contributed by atoms with Gasteiger partial charge in [-0.05, 0) is 11.6 Å². The van der Waals surface area contributed by atoms with Crippen molar-refractivity contribution in [1.82, 2.24) is 15.0 Å². The summed E-state index contributed by atoms with van der Waals surface area (Å²) in [5.74, 6) is 0. The summed E-state index contributed by atoms with van der Waals surface area (Å²) in [4.78, 5) is 20.0. The molecule has 23 heavy (non-hydrogen) atoms. The van der Waals surface area contributed by atoms with E-state index in [1.54, 1.807) is 0 Å². The van der Waals surface area contributed by atoms with E-state index >= 15 is 0 Å². The highest BCUT2D eigenvalue weighted by Gasteiger charge is 2.36. The third kappa shape index (κ3) is 2.59. The number of nitrogens with zero attached hydrogens (tertiary/aromatic N) is 3. The Morgan fingerprint density at radius 3 is 2.70 bits per heavy atom. The second-order valence-electron chi connectivity index (χ2n) is 4.56. The van der Waals surface area contributed by atoms with Gasteiger partial charge in [0, 0.05) is 29.4 Å². The first-order valence-electron chi connectivity index (χ1n) is 6.13. The van der Waals surface area contributed by atoms with E-state index in [4.69, 9.17) is 11.6 Å². The van der Waals surface area contributed by atoms with E-state index < -0.39 is 22.4 Å². The third-order valence-corrected chi connectivity index (χ3v) is 3.39. The van der Waals surface area contributed by atoms with Gasteiger partial charge in [-0.1, -0.05) is 12.1 Å². The van der Waals surface area contributed by atoms with Crippen LogP contribution in [0.1, 0.15) is 5.56 Å². The molecule has 0 saturated carbocycles. The second kappa shape index (κ2) is 5.20. The zero-order valence-corrected chi connectivity index (χ0v) is 11.8.